The molecule has 0 bridgehead atoms. The molecule has 94 valence electrons. The third-order valence-electron chi connectivity index (χ3n) is 2.99. The Balaban J connectivity index is 2.21. The van der Waals surface area contributed by atoms with Crippen LogP contribution in [0, 0.1) is 6.92 Å². The molecule has 0 atom stereocenters. The van der Waals surface area contributed by atoms with E-state index >= 15 is 0 Å². The molecular weight excluding hydrogens is 256 g/mol. The zero-order valence-electron chi connectivity index (χ0n) is 10.4. The Morgan fingerprint density at radius 2 is 1.95 bits per heavy atom. The number of nitrogens with two attached hydrogens (primary N) is 1. The minimum absolute atomic E-state index is 0.403. The molecule has 3 aromatic rings. The average molecular weight is 268 g/mol. The van der Waals surface area contributed by atoms with Crippen LogP contribution in [0.3, 0.4) is 0 Å². The molecule has 1 heterocycles. The highest BCUT2D eigenvalue weighted by Gasteiger charge is 2.11. The Hall–Kier alpha value is -2.20. The molecule has 0 unspecified atom stereocenters. The monoisotopic (exact) mass is 268 g/mol. The molecule has 0 aliphatic heterocycles. The number of aryl methyl sites for hydroxylation is 1. The molecular formula is C15H12N2OS. The van der Waals surface area contributed by atoms with E-state index < -0.39 is 5.91 Å². The number of rotatable bonds is 2. The van der Waals surface area contributed by atoms with Crippen LogP contribution in [-0.2, 0) is 0 Å². The summed E-state index contributed by atoms with van der Waals surface area (Å²) in [5.74, 6) is -0.403. The highest BCUT2D eigenvalue weighted by molar-refractivity contribution is 7.21. The third-order valence-corrected chi connectivity index (χ3v) is 4.04. The van der Waals surface area contributed by atoms with Gasteiger partial charge in [0, 0.05) is 11.1 Å². The zero-order valence-corrected chi connectivity index (χ0v) is 11.2. The van der Waals surface area contributed by atoms with Gasteiger partial charge in [-0.15, -0.1) is 11.3 Å². The summed E-state index contributed by atoms with van der Waals surface area (Å²) in [4.78, 5) is 15.9. The fourth-order valence-corrected chi connectivity index (χ4v) is 3.13. The Morgan fingerprint density at radius 1 is 1.21 bits per heavy atom. The number of nitrogens with zero attached hydrogens (tertiary/aromatic N) is 1. The van der Waals surface area contributed by atoms with E-state index in [4.69, 9.17) is 5.73 Å². The Bertz CT molecular complexity index is 762. The van der Waals surface area contributed by atoms with E-state index in [9.17, 15) is 4.79 Å². The Morgan fingerprint density at radius 3 is 2.63 bits per heavy atom. The summed E-state index contributed by atoms with van der Waals surface area (Å²) in [5.41, 5.74) is 8.87. The van der Waals surface area contributed by atoms with Crippen molar-refractivity contribution in [1.29, 1.82) is 0 Å². The number of thiazole rings is 1. The topological polar surface area (TPSA) is 56.0 Å². The van der Waals surface area contributed by atoms with Crippen LogP contribution in [-0.4, -0.2) is 10.9 Å². The zero-order chi connectivity index (χ0) is 13.4. The number of fused-ring (bicyclic) bond motifs is 1. The van der Waals surface area contributed by atoms with Crippen LogP contribution < -0.4 is 5.73 Å². The van der Waals surface area contributed by atoms with Crippen molar-refractivity contribution in [3.8, 4) is 10.6 Å². The quantitative estimate of drug-likeness (QED) is 0.774. The number of carbonyl (C=O) groups excluding carboxylic acids is 1. The van der Waals surface area contributed by atoms with Crippen molar-refractivity contribution >= 4 is 27.5 Å². The minimum atomic E-state index is -0.403. The van der Waals surface area contributed by atoms with E-state index in [0.29, 0.717) is 5.56 Å². The van der Waals surface area contributed by atoms with Crippen molar-refractivity contribution in [2.24, 2.45) is 5.73 Å². The molecule has 1 aromatic heterocycles. The first-order valence-corrected chi connectivity index (χ1v) is 6.73. The third kappa shape index (κ3) is 2.11. The van der Waals surface area contributed by atoms with Gasteiger partial charge in [0.15, 0.2) is 0 Å². The lowest BCUT2D eigenvalue weighted by Gasteiger charge is -1.98. The highest BCUT2D eigenvalue weighted by Crippen LogP contribution is 2.32. The predicted molar refractivity (Wildman–Crippen MR) is 78.3 cm³/mol. The molecule has 19 heavy (non-hydrogen) atoms. The molecule has 1 amide bonds. The number of carbonyl (C=O) groups is 1. The number of primary amides is 1. The number of hydrogen-bond donors (Lipinski definition) is 1. The van der Waals surface area contributed by atoms with Crippen LogP contribution >= 0.6 is 11.3 Å². The lowest BCUT2D eigenvalue weighted by Crippen LogP contribution is -2.10. The number of amides is 1. The van der Waals surface area contributed by atoms with Gasteiger partial charge in [-0.2, -0.15) is 0 Å². The van der Waals surface area contributed by atoms with Gasteiger partial charge in [0.1, 0.15) is 5.01 Å². The van der Waals surface area contributed by atoms with E-state index in [2.05, 4.69) is 4.98 Å². The van der Waals surface area contributed by atoms with Crippen LogP contribution in [0.4, 0.5) is 0 Å². The molecule has 0 saturated carbocycles. The SMILES string of the molecule is Cc1cc(C(N)=O)cc2sc(-c3ccccc3)nc12. The second-order valence-corrected chi connectivity index (χ2v) is 5.42. The molecule has 0 aliphatic rings. The maximum atomic E-state index is 11.3. The first-order valence-electron chi connectivity index (χ1n) is 5.91. The van der Waals surface area contributed by atoms with Gasteiger partial charge in [0.05, 0.1) is 10.2 Å². The smallest absolute Gasteiger partial charge is 0.248 e. The second kappa shape index (κ2) is 4.48. The molecule has 2 N–H and O–H groups in total. The van der Waals surface area contributed by atoms with Crippen LogP contribution in [0.5, 0.6) is 0 Å². The lowest BCUT2D eigenvalue weighted by atomic mass is 10.1. The van der Waals surface area contributed by atoms with E-state index in [1.54, 1.807) is 17.4 Å². The molecule has 0 spiro atoms. The summed E-state index contributed by atoms with van der Waals surface area (Å²) in [6, 6.07) is 13.6. The lowest BCUT2D eigenvalue weighted by molar-refractivity contribution is 0.100. The summed E-state index contributed by atoms with van der Waals surface area (Å²) in [7, 11) is 0. The van der Waals surface area contributed by atoms with Crippen molar-refractivity contribution in [3.63, 3.8) is 0 Å². The molecule has 0 aliphatic carbocycles. The van der Waals surface area contributed by atoms with E-state index in [1.807, 2.05) is 43.3 Å². The van der Waals surface area contributed by atoms with Gasteiger partial charge < -0.3 is 5.73 Å². The Labute approximate surface area is 114 Å². The van der Waals surface area contributed by atoms with Crippen molar-refractivity contribution < 1.29 is 4.79 Å². The Kier molecular flexibility index (Phi) is 2.80. The van der Waals surface area contributed by atoms with Crippen molar-refractivity contribution in [2.45, 2.75) is 6.92 Å². The van der Waals surface area contributed by atoms with Crippen LogP contribution in [0.1, 0.15) is 15.9 Å². The fraction of sp³-hybridized carbons (Fsp3) is 0.0667. The van der Waals surface area contributed by atoms with Gasteiger partial charge in [-0.25, -0.2) is 4.98 Å². The largest absolute Gasteiger partial charge is 0.366 e. The first-order chi connectivity index (χ1) is 9.15. The average Bonchev–Trinajstić information content (AvgIpc) is 2.84. The van der Waals surface area contributed by atoms with Crippen LogP contribution in [0.15, 0.2) is 42.5 Å². The van der Waals surface area contributed by atoms with E-state index in [-0.39, 0.29) is 0 Å². The second-order valence-electron chi connectivity index (χ2n) is 4.39. The number of benzene rings is 2. The van der Waals surface area contributed by atoms with Gasteiger partial charge in [0.2, 0.25) is 5.91 Å². The molecule has 4 heteroatoms. The normalized spacial score (nSPS) is 10.8. The van der Waals surface area contributed by atoms with E-state index in [0.717, 1.165) is 26.4 Å². The predicted octanol–water partition coefficient (Wildman–Crippen LogP) is 3.37. The van der Waals surface area contributed by atoms with Gasteiger partial charge in [-0.3, -0.25) is 4.79 Å². The number of aromatic nitrogens is 1. The van der Waals surface area contributed by atoms with Crippen molar-refractivity contribution in [2.75, 3.05) is 0 Å². The molecule has 0 radical (unpaired) electrons. The number of hydrogen-bond acceptors (Lipinski definition) is 3. The van der Waals surface area contributed by atoms with Crippen LogP contribution in [0.2, 0.25) is 0 Å². The minimum Gasteiger partial charge on any atom is -0.366 e. The van der Waals surface area contributed by atoms with Gasteiger partial charge in [0.25, 0.3) is 0 Å². The standard InChI is InChI=1S/C15H12N2OS/c1-9-7-11(14(16)18)8-12-13(9)17-15(19-12)10-5-3-2-4-6-10/h2-8H,1H3,(H2,16,18). The maximum Gasteiger partial charge on any atom is 0.248 e. The molecule has 0 fully saturated rings. The van der Waals surface area contributed by atoms with Crippen LogP contribution in [0.25, 0.3) is 20.8 Å². The van der Waals surface area contributed by atoms with Gasteiger partial charge >= 0.3 is 0 Å². The molecule has 2 aromatic carbocycles. The summed E-state index contributed by atoms with van der Waals surface area (Å²) in [6.07, 6.45) is 0. The van der Waals surface area contributed by atoms with Crippen molar-refractivity contribution in [1.82, 2.24) is 4.98 Å². The summed E-state index contributed by atoms with van der Waals surface area (Å²) >= 11 is 1.58. The molecule has 3 rings (SSSR count). The fourth-order valence-electron chi connectivity index (χ4n) is 2.04. The molecule has 3 nitrogen and oxygen atoms in total. The summed E-state index contributed by atoms with van der Waals surface area (Å²) in [5, 5.41) is 0.959. The summed E-state index contributed by atoms with van der Waals surface area (Å²) < 4.78 is 0.993. The molecule has 0 saturated heterocycles. The van der Waals surface area contributed by atoms with Crippen molar-refractivity contribution in [3.05, 3.63) is 53.6 Å². The summed E-state index contributed by atoms with van der Waals surface area (Å²) in [6.45, 7) is 1.95. The van der Waals surface area contributed by atoms with E-state index in [1.165, 1.54) is 0 Å². The maximum absolute atomic E-state index is 11.3. The van der Waals surface area contributed by atoms with Gasteiger partial charge in [-0.05, 0) is 24.6 Å². The van der Waals surface area contributed by atoms with Gasteiger partial charge in [-0.1, -0.05) is 30.3 Å². The first kappa shape index (κ1) is 11.9. The highest BCUT2D eigenvalue weighted by atomic mass is 32.1.